The highest BCUT2D eigenvalue weighted by Gasteiger charge is 2.14. The fourth-order valence-corrected chi connectivity index (χ4v) is 3.08. The summed E-state index contributed by atoms with van der Waals surface area (Å²) in [6, 6.07) is 18.3. The number of hydrogen-bond donors (Lipinski definition) is 2. The number of hydrogen-bond acceptors (Lipinski definition) is 7. The second-order valence-corrected chi connectivity index (χ2v) is 6.80. The molecule has 3 aromatic carbocycles. The van der Waals surface area contributed by atoms with E-state index in [9.17, 15) is 24.8 Å². The maximum absolute atomic E-state index is 12.5. The van der Waals surface area contributed by atoms with Gasteiger partial charge in [-0.25, -0.2) is 0 Å². The van der Waals surface area contributed by atoms with E-state index in [1.54, 1.807) is 24.3 Å². The van der Waals surface area contributed by atoms with Crippen LogP contribution in [0.15, 0.2) is 82.0 Å². The second-order valence-electron chi connectivity index (χ2n) is 6.80. The minimum absolute atomic E-state index is 0.00682. The molecule has 4 aromatic rings. The fourth-order valence-electron chi connectivity index (χ4n) is 3.08. The highest BCUT2D eigenvalue weighted by molar-refractivity contribution is 5.92. The number of nitrogens with one attached hydrogen (secondary N) is 1. The molecule has 1 heterocycles. The van der Waals surface area contributed by atoms with Gasteiger partial charge in [0.2, 0.25) is 0 Å². The average Bonchev–Trinajstić information content (AvgIpc) is 2.78. The number of phenolic OH excluding ortho intramolecular Hbond substituents is 1. The fraction of sp³-hybridized carbons (Fsp3) is 0.0435. The highest BCUT2D eigenvalue weighted by Crippen LogP contribution is 2.31. The van der Waals surface area contributed by atoms with E-state index in [0.29, 0.717) is 17.0 Å². The lowest BCUT2D eigenvalue weighted by Gasteiger charge is -2.10. The number of nitrogens with zero attached hydrogens (tertiary/aromatic N) is 1. The maximum Gasteiger partial charge on any atom is 0.269 e. The summed E-state index contributed by atoms with van der Waals surface area (Å²) in [4.78, 5) is 34.8. The largest absolute Gasteiger partial charge is 0.507 e. The molecule has 0 unspecified atom stereocenters. The molecule has 0 aliphatic heterocycles. The molecule has 0 atom stereocenters. The Morgan fingerprint density at radius 3 is 2.47 bits per heavy atom. The Labute approximate surface area is 180 Å². The molecule has 0 bridgehead atoms. The lowest BCUT2D eigenvalue weighted by molar-refractivity contribution is -0.384. The number of fused-ring (bicyclic) bond motifs is 1. The van der Waals surface area contributed by atoms with Crippen LogP contribution in [0.5, 0.6) is 11.5 Å². The lowest BCUT2D eigenvalue weighted by atomic mass is 10.1. The van der Waals surface area contributed by atoms with E-state index in [-0.39, 0.29) is 28.2 Å². The smallest absolute Gasteiger partial charge is 0.269 e. The summed E-state index contributed by atoms with van der Waals surface area (Å²) in [5.41, 5.74) is 0.665. The predicted molar refractivity (Wildman–Crippen MR) is 117 cm³/mol. The molecule has 9 nitrogen and oxygen atoms in total. The Morgan fingerprint density at radius 2 is 1.78 bits per heavy atom. The molecular formula is C23H16N2O7. The van der Waals surface area contributed by atoms with Crippen LogP contribution in [0.25, 0.3) is 22.3 Å². The quantitative estimate of drug-likeness (QED) is 0.346. The summed E-state index contributed by atoms with van der Waals surface area (Å²) in [6.45, 7) is -0.398. The van der Waals surface area contributed by atoms with Crippen LogP contribution < -0.4 is 15.5 Å². The zero-order valence-corrected chi connectivity index (χ0v) is 16.5. The summed E-state index contributed by atoms with van der Waals surface area (Å²) in [5, 5.41) is 23.5. The van der Waals surface area contributed by atoms with Crippen LogP contribution in [0.1, 0.15) is 0 Å². The van der Waals surface area contributed by atoms with Crippen LogP contribution in [-0.2, 0) is 4.79 Å². The van der Waals surface area contributed by atoms with Gasteiger partial charge < -0.3 is 19.6 Å². The number of nitro benzene ring substituents is 1. The molecule has 9 heteroatoms. The van der Waals surface area contributed by atoms with Gasteiger partial charge in [-0.1, -0.05) is 30.3 Å². The van der Waals surface area contributed by atoms with E-state index in [1.807, 2.05) is 6.07 Å². The average molecular weight is 432 g/mol. The lowest BCUT2D eigenvalue weighted by Crippen LogP contribution is -2.20. The topological polar surface area (TPSA) is 132 Å². The van der Waals surface area contributed by atoms with Crippen molar-refractivity contribution in [3.05, 3.63) is 93.1 Å². The Bertz CT molecular complexity index is 1360. The molecule has 0 aliphatic carbocycles. The van der Waals surface area contributed by atoms with E-state index in [4.69, 9.17) is 9.15 Å². The van der Waals surface area contributed by atoms with E-state index < -0.39 is 22.9 Å². The number of anilines is 1. The van der Waals surface area contributed by atoms with Crippen molar-refractivity contribution in [2.24, 2.45) is 0 Å². The van der Waals surface area contributed by atoms with Crippen LogP contribution in [0.2, 0.25) is 0 Å². The number of amides is 1. The van der Waals surface area contributed by atoms with Gasteiger partial charge in [0.05, 0.1) is 4.92 Å². The number of phenols is 1. The van der Waals surface area contributed by atoms with Gasteiger partial charge in [-0.15, -0.1) is 0 Å². The number of aromatic hydroxyl groups is 1. The van der Waals surface area contributed by atoms with E-state index in [0.717, 1.165) is 0 Å². The van der Waals surface area contributed by atoms with Gasteiger partial charge in [-0.2, -0.15) is 0 Å². The zero-order chi connectivity index (χ0) is 22.7. The first kappa shape index (κ1) is 20.6. The number of ether oxygens (including phenoxy) is 1. The number of rotatable bonds is 6. The normalized spacial score (nSPS) is 10.6. The van der Waals surface area contributed by atoms with Gasteiger partial charge >= 0.3 is 0 Å². The maximum atomic E-state index is 12.5. The summed E-state index contributed by atoms with van der Waals surface area (Å²) in [6.07, 6.45) is 0. The number of nitro groups is 1. The Hall–Kier alpha value is -4.66. The Balaban J connectivity index is 1.52. The third kappa shape index (κ3) is 4.41. The van der Waals surface area contributed by atoms with Crippen molar-refractivity contribution in [1.82, 2.24) is 0 Å². The number of carbonyl (C=O) groups excluding carboxylic acids is 1. The number of benzene rings is 3. The Kier molecular flexibility index (Phi) is 5.54. The highest BCUT2D eigenvalue weighted by atomic mass is 16.6. The molecule has 1 amide bonds. The molecule has 0 saturated carbocycles. The van der Waals surface area contributed by atoms with Crippen molar-refractivity contribution >= 4 is 28.3 Å². The van der Waals surface area contributed by atoms with Crippen molar-refractivity contribution in [3.63, 3.8) is 0 Å². The van der Waals surface area contributed by atoms with Crippen LogP contribution in [0.4, 0.5) is 11.4 Å². The van der Waals surface area contributed by atoms with Gasteiger partial charge in [0.1, 0.15) is 28.2 Å². The van der Waals surface area contributed by atoms with Crippen molar-refractivity contribution in [1.29, 1.82) is 0 Å². The standard InChI is InChI=1S/C23H16N2O7/c26-18-10-17(31-13-22(28)24-15-6-8-16(9-7-15)25(29)30)11-21-23(18)19(27)12-20(32-21)14-4-2-1-3-5-14/h1-12,26H,13H2,(H,24,28). The minimum Gasteiger partial charge on any atom is -0.507 e. The second kappa shape index (κ2) is 8.60. The van der Waals surface area contributed by atoms with Gasteiger partial charge in [-0.3, -0.25) is 19.7 Å². The van der Waals surface area contributed by atoms with Crippen LogP contribution in [0.3, 0.4) is 0 Å². The van der Waals surface area contributed by atoms with Crippen molar-refractivity contribution in [2.75, 3.05) is 11.9 Å². The number of non-ortho nitro benzene ring substituents is 1. The first-order valence-corrected chi connectivity index (χ1v) is 9.44. The SMILES string of the molecule is O=C(COc1cc(O)c2c(=O)cc(-c3ccccc3)oc2c1)Nc1ccc([N+](=O)[O-])cc1. The van der Waals surface area contributed by atoms with Crippen molar-refractivity contribution in [2.45, 2.75) is 0 Å². The first-order chi connectivity index (χ1) is 15.4. The van der Waals surface area contributed by atoms with Crippen molar-refractivity contribution < 1.29 is 24.0 Å². The molecule has 0 fully saturated rings. The molecule has 0 spiro atoms. The third-order valence-corrected chi connectivity index (χ3v) is 4.57. The van der Waals surface area contributed by atoms with Gasteiger partial charge in [0, 0.05) is 41.6 Å². The molecule has 0 radical (unpaired) electrons. The van der Waals surface area contributed by atoms with Crippen LogP contribution in [-0.4, -0.2) is 22.5 Å². The molecule has 2 N–H and O–H groups in total. The molecule has 1 aromatic heterocycles. The molecule has 32 heavy (non-hydrogen) atoms. The minimum atomic E-state index is -0.539. The van der Waals surface area contributed by atoms with Gasteiger partial charge in [0.25, 0.3) is 11.6 Å². The van der Waals surface area contributed by atoms with E-state index in [1.165, 1.54) is 42.5 Å². The molecular weight excluding hydrogens is 416 g/mol. The van der Waals surface area contributed by atoms with E-state index >= 15 is 0 Å². The number of carbonyl (C=O) groups is 1. The van der Waals surface area contributed by atoms with E-state index in [2.05, 4.69) is 5.32 Å². The summed E-state index contributed by atoms with van der Waals surface area (Å²) < 4.78 is 11.2. The zero-order valence-electron chi connectivity index (χ0n) is 16.5. The predicted octanol–water partition coefficient (Wildman–Crippen LogP) is 4.09. The van der Waals surface area contributed by atoms with Crippen molar-refractivity contribution in [3.8, 4) is 22.8 Å². The monoisotopic (exact) mass is 432 g/mol. The first-order valence-electron chi connectivity index (χ1n) is 9.44. The van der Waals surface area contributed by atoms with Gasteiger partial charge in [0.15, 0.2) is 12.0 Å². The molecule has 4 rings (SSSR count). The molecule has 0 aliphatic rings. The summed E-state index contributed by atoms with van der Waals surface area (Å²) in [5.74, 6) is -0.391. The Morgan fingerprint density at radius 1 is 1.06 bits per heavy atom. The molecule has 0 saturated heterocycles. The summed E-state index contributed by atoms with van der Waals surface area (Å²) >= 11 is 0. The third-order valence-electron chi connectivity index (χ3n) is 4.57. The summed E-state index contributed by atoms with van der Waals surface area (Å²) in [7, 11) is 0. The van der Waals surface area contributed by atoms with Crippen LogP contribution in [0, 0.1) is 10.1 Å². The van der Waals surface area contributed by atoms with Gasteiger partial charge in [-0.05, 0) is 12.1 Å². The molecule has 160 valence electrons. The van der Waals surface area contributed by atoms with Crippen LogP contribution >= 0.6 is 0 Å².